The number of carbonyl (C=O) groups is 1. The van der Waals surface area contributed by atoms with Crippen LogP contribution in [0.5, 0.6) is 0 Å². The zero-order chi connectivity index (χ0) is 21.7. The molecule has 2 N–H and O–H groups in total. The lowest BCUT2D eigenvalue weighted by Crippen LogP contribution is -2.27. The van der Waals surface area contributed by atoms with Crippen molar-refractivity contribution in [3.8, 4) is 0 Å². The Balaban J connectivity index is 1.68. The highest BCUT2D eigenvalue weighted by Crippen LogP contribution is 2.15. The molecule has 7 nitrogen and oxygen atoms in total. The van der Waals surface area contributed by atoms with Crippen LogP contribution in [-0.2, 0) is 14.8 Å². The van der Waals surface area contributed by atoms with Gasteiger partial charge in [0, 0.05) is 18.3 Å². The SMILES string of the molecule is CC(C)CNS(=O)(=O)c1ccc(NC(=O)/C=C/c2coc3ccccc3c2=O)cc1. The van der Waals surface area contributed by atoms with Crippen LogP contribution in [0, 0.1) is 5.92 Å². The molecule has 0 aliphatic heterocycles. The molecule has 1 amide bonds. The van der Waals surface area contributed by atoms with Crippen LogP contribution >= 0.6 is 0 Å². The van der Waals surface area contributed by atoms with E-state index in [0.29, 0.717) is 23.2 Å². The second kappa shape index (κ2) is 9.06. The number of nitrogens with one attached hydrogen (secondary N) is 2. The number of para-hydroxylation sites is 1. The van der Waals surface area contributed by atoms with Crippen molar-refractivity contribution < 1.29 is 17.6 Å². The summed E-state index contributed by atoms with van der Waals surface area (Å²) in [6.07, 6.45) is 3.90. The molecule has 3 rings (SSSR count). The van der Waals surface area contributed by atoms with Crippen molar-refractivity contribution in [1.29, 1.82) is 0 Å². The fourth-order valence-electron chi connectivity index (χ4n) is 2.63. The molecule has 2 aromatic carbocycles. The smallest absolute Gasteiger partial charge is 0.248 e. The number of carbonyl (C=O) groups excluding carboxylic acids is 1. The Morgan fingerprint density at radius 1 is 1.10 bits per heavy atom. The molecule has 0 atom stereocenters. The van der Waals surface area contributed by atoms with Gasteiger partial charge in [-0.05, 0) is 48.4 Å². The summed E-state index contributed by atoms with van der Waals surface area (Å²) < 4.78 is 32.3. The first-order valence-electron chi connectivity index (χ1n) is 9.35. The van der Waals surface area contributed by atoms with E-state index in [2.05, 4.69) is 10.0 Å². The van der Waals surface area contributed by atoms with Crippen molar-refractivity contribution in [3.63, 3.8) is 0 Å². The lowest BCUT2D eigenvalue weighted by molar-refractivity contribution is -0.111. The summed E-state index contributed by atoms with van der Waals surface area (Å²) >= 11 is 0. The summed E-state index contributed by atoms with van der Waals surface area (Å²) in [6, 6.07) is 12.7. The maximum atomic E-state index is 12.4. The Bertz CT molecular complexity index is 1240. The van der Waals surface area contributed by atoms with Crippen molar-refractivity contribution in [3.05, 3.63) is 76.7 Å². The monoisotopic (exact) mass is 426 g/mol. The Labute approximate surface area is 174 Å². The highest BCUT2D eigenvalue weighted by molar-refractivity contribution is 7.89. The topological polar surface area (TPSA) is 105 Å². The summed E-state index contributed by atoms with van der Waals surface area (Å²) in [5.41, 5.74) is 0.922. The molecule has 0 unspecified atom stereocenters. The van der Waals surface area contributed by atoms with E-state index in [-0.39, 0.29) is 21.8 Å². The highest BCUT2D eigenvalue weighted by atomic mass is 32.2. The number of sulfonamides is 1. The number of fused-ring (bicyclic) bond motifs is 1. The van der Waals surface area contributed by atoms with Crippen LogP contribution < -0.4 is 15.5 Å². The van der Waals surface area contributed by atoms with Crippen molar-refractivity contribution in [1.82, 2.24) is 4.72 Å². The lowest BCUT2D eigenvalue weighted by Gasteiger charge is -2.09. The van der Waals surface area contributed by atoms with Crippen LogP contribution in [0.4, 0.5) is 5.69 Å². The fourth-order valence-corrected chi connectivity index (χ4v) is 3.85. The number of hydrogen-bond acceptors (Lipinski definition) is 5. The predicted molar refractivity (Wildman–Crippen MR) is 117 cm³/mol. The van der Waals surface area contributed by atoms with Crippen molar-refractivity contribution in [2.75, 3.05) is 11.9 Å². The molecule has 0 fully saturated rings. The lowest BCUT2D eigenvalue weighted by atomic mass is 10.1. The maximum Gasteiger partial charge on any atom is 0.248 e. The zero-order valence-electron chi connectivity index (χ0n) is 16.6. The van der Waals surface area contributed by atoms with Gasteiger partial charge in [-0.2, -0.15) is 0 Å². The van der Waals surface area contributed by atoms with E-state index in [0.717, 1.165) is 0 Å². The van der Waals surface area contributed by atoms with Gasteiger partial charge in [0.25, 0.3) is 0 Å². The van der Waals surface area contributed by atoms with E-state index in [1.54, 1.807) is 24.3 Å². The van der Waals surface area contributed by atoms with Crippen LogP contribution in [0.25, 0.3) is 17.0 Å². The molecule has 0 saturated heterocycles. The molecule has 8 heteroatoms. The summed E-state index contributed by atoms with van der Waals surface area (Å²) in [4.78, 5) is 24.7. The number of anilines is 1. The first-order valence-corrected chi connectivity index (χ1v) is 10.8. The third kappa shape index (κ3) is 5.22. The van der Waals surface area contributed by atoms with E-state index in [4.69, 9.17) is 4.42 Å². The number of rotatable bonds is 7. The molecule has 1 aromatic heterocycles. The fraction of sp³-hybridized carbons (Fsp3) is 0.182. The van der Waals surface area contributed by atoms with Gasteiger partial charge in [0.1, 0.15) is 11.8 Å². The molecule has 0 aliphatic rings. The Morgan fingerprint density at radius 2 is 1.80 bits per heavy atom. The van der Waals surface area contributed by atoms with Crippen LogP contribution in [-0.4, -0.2) is 20.9 Å². The molecular weight excluding hydrogens is 404 g/mol. The first kappa shape index (κ1) is 21.5. The van der Waals surface area contributed by atoms with Crippen LogP contribution in [0.3, 0.4) is 0 Å². The van der Waals surface area contributed by atoms with Crippen molar-refractivity contribution >= 4 is 38.7 Å². The molecular formula is C22H22N2O5S. The zero-order valence-corrected chi connectivity index (χ0v) is 17.4. The normalized spacial score (nSPS) is 12.0. The maximum absolute atomic E-state index is 12.4. The summed E-state index contributed by atoms with van der Waals surface area (Å²) in [6.45, 7) is 4.17. The summed E-state index contributed by atoms with van der Waals surface area (Å²) in [5.74, 6) is -0.272. The third-order valence-corrected chi connectivity index (χ3v) is 5.67. The second-order valence-corrected chi connectivity index (χ2v) is 8.88. The number of amides is 1. The van der Waals surface area contributed by atoms with Gasteiger partial charge in [-0.15, -0.1) is 0 Å². The molecule has 156 valence electrons. The van der Waals surface area contributed by atoms with Gasteiger partial charge >= 0.3 is 0 Å². The van der Waals surface area contributed by atoms with Gasteiger partial charge in [0.2, 0.25) is 15.9 Å². The van der Waals surface area contributed by atoms with E-state index < -0.39 is 15.9 Å². The minimum absolute atomic E-state index is 0.116. The molecule has 0 radical (unpaired) electrons. The van der Waals surface area contributed by atoms with Gasteiger partial charge in [-0.1, -0.05) is 26.0 Å². The molecule has 0 bridgehead atoms. The Hall–Kier alpha value is -3.23. The van der Waals surface area contributed by atoms with E-state index in [9.17, 15) is 18.0 Å². The largest absolute Gasteiger partial charge is 0.463 e. The molecule has 1 heterocycles. The van der Waals surface area contributed by atoms with Crippen LogP contribution in [0.1, 0.15) is 19.4 Å². The number of hydrogen-bond donors (Lipinski definition) is 2. The third-order valence-electron chi connectivity index (χ3n) is 4.23. The highest BCUT2D eigenvalue weighted by Gasteiger charge is 2.14. The molecule has 0 saturated carbocycles. The first-order chi connectivity index (χ1) is 14.3. The quantitative estimate of drug-likeness (QED) is 0.564. The minimum atomic E-state index is -3.59. The predicted octanol–water partition coefficient (Wildman–Crippen LogP) is 3.38. The number of benzene rings is 2. The van der Waals surface area contributed by atoms with Gasteiger partial charge in [0.15, 0.2) is 5.43 Å². The molecule has 30 heavy (non-hydrogen) atoms. The molecule has 3 aromatic rings. The average molecular weight is 426 g/mol. The van der Waals surface area contributed by atoms with Gasteiger partial charge in [0.05, 0.1) is 15.8 Å². The Morgan fingerprint density at radius 3 is 2.50 bits per heavy atom. The second-order valence-electron chi connectivity index (χ2n) is 7.11. The summed E-state index contributed by atoms with van der Waals surface area (Å²) in [7, 11) is -3.59. The van der Waals surface area contributed by atoms with Gasteiger partial charge in [-0.3, -0.25) is 9.59 Å². The van der Waals surface area contributed by atoms with E-state index in [1.807, 2.05) is 13.8 Å². The standard InChI is InChI=1S/C22H22N2O5S/c1-15(2)13-23-30(27,28)18-10-8-17(9-11-18)24-21(25)12-7-16-14-29-20-6-4-3-5-19(20)22(16)26/h3-12,14-15,23H,13H2,1-2H3,(H,24,25)/b12-7+. The molecule has 0 aliphatic carbocycles. The Kier molecular flexibility index (Phi) is 6.49. The van der Waals surface area contributed by atoms with Gasteiger partial charge in [-0.25, -0.2) is 13.1 Å². The van der Waals surface area contributed by atoms with Crippen LogP contribution in [0.2, 0.25) is 0 Å². The van der Waals surface area contributed by atoms with Crippen molar-refractivity contribution in [2.24, 2.45) is 5.92 Å². The summed E-state index contributed by atoms with van der Waals surface area (Å²) in [5, 5.41) is 3.06. The minimum Gasteiger partial charge on any atom is -0.463 e. The van der Waals surface area contributed by atoms with Gasteiger partial charge < -0.3 is 9.73 Å². The molecule has 0 spiro atoms. The van der Waals surface area contributed by atoms with Crippen molar-refractivity contribution in [2.45, 2.75) is 18.7 Å². The van der Waals surface area contributed by atoms with E-state index in [1.165, 1.54) is 42.7 Å². The van der Waals surface area contributed by atoms with Crippen LogP contribution in [0.15, 0.2) is 75.0 Å². The van der Waals surface area contributed by atoms with E-state index >= 15 is 0 Å². The average Bonchev–Trinajstić information content (AvgIpc) is 2.72.